The Morgan fingerprint density at radius 1 is 1.14 bits per heavy atom. The zero-order chi connectivity index (χ0) is 19.3. The van der Waals surface area contributed by atoms with E-state index < -0.39 is 0 Å². The van der Waals surface area contributed by atoms with Crippen molar-refractivity contribution in [2.45, 2.75) is 32.9 Å². The van der Waals surface area contributed by atoms with Crippen molar-refractivity contribution in [1.29, 1.82) is 0 Å². The van der Waals surface area contributed by atoms with Crippen LogP contribution >= 0.6 is 0 Å². The van der Waals surface area contributed by atoms with E-state index in [2.05, 4.69) is 26.4 Å². The topological polar surface area (TPSA) is 71.3 Å². The van der Waals surface area contributed by atoms with E-state index in [0.717, 1.165) is 23.5 Å². The van der Waals surface area contributed by atoms with Gasteiger partial charge in [-0.2, -0.15) is 0 Å². The summed E-state index contributed by atoms with van der Waals surface area (Å²) in [5.41, 5.74) is 4.55. The van der Waals surface area contributed by atoms with Crippen LogP contribution in [0, 0.1) is 6.92 Å². The Bertz CT molecular complexity index is 926. The van der Waals surface area contributed by atoms with Gasteiger partial charge < -0.3 is 9.84 Å². The molecule has 0 unspecified atom stereocenters. The molecule has 1 amide bonds. The number of aromatic nitrogens is 2. The van der Waals surface area contributed by atoms with Crippen LogP contribution in [0.25, 0.3) is 11.3 Å². The van der Waals surface area contributed by atoms with Crippen molar-refractivity contribution in [2.24, 2.45) is 0 Å². The maximum Gasteiger partial charge on any atom is 0.251 e. The standard InChI is InChI=1S/C22H24N4O2/c1-16-12-20(28-25-16)14-24-22(27)19-7-5-18(6-8-19)21-9-4-17(13-23-21)15-26-10-2-3-11-26/h4-9,12-13H,2-3,10-11,14-15H2,1H3,(H,24,27). The van der Waals surface area contributed by atoms with Crippen molar-refractivity contribution in [1.82, 2.24) is 20.4 Å². The highest BCUT2D eigenvalue weighted by atomic mass is 16.5. The summed E-state index contributed by atoms with van der Waals surface area (Å²) in [4.78, 5) is 19.3. The lowest BCUT2D eigenvalue weighted by Crippen LogP contribution is -2.22. The molecule has 0 radical (unpaired) electrons. The number of aryl methyl sites for hydroxylation is 1. The molecule has 1 aliphatic rings. The molecule has 3 aromatic rings. The van der Waals surface area contributed by atoms with Crippen molar-refractivity contribution in [3.63, 3.8) is 0 Å². The first-order valence-corrected chi connectivity index (χ1v) is 9.65. The minimum Gasteiger partial charge on any atom is -0.359 e. The summed E-state index contributed by atoms with van der Waals surface area (Å²) in [5, 5.41) is 6.65. The summed E-state index contributed by atoms with van der Waals surface area (Å²) >= 11 is 0. The van der Waals surface area contributed by atoms with Crippen LogP contribution in [0.1, 0.15) is 40.2 Å². The van der Waals surface area contributed by atoms with Gasteiger partial charge in [-0.3, -0.25) is 14.7 Å². The number of likely N-dealkylation sites (tertiary alicyclic amines) is 1. The molecule has 4 rings (SSSR count). The predicted molar refractivity (Wildman–Crippen MR) is 107 cm³/mol. The molecule has 6 nitrogen and oxygen atoms in total. The number of benzene rings is 1. The fourth-order valence-corrected chi connectivity index (χ4v) is 3.45. The van der Waals surface area contributed by atoms with E-state index in [1.165, 1.54) is 31.5 Å². The molecule has 2 aromatic heterocycles. The number of nitrogens with zero attached hydrogens (tertiary/aromatic N) is 3. The predicted octanol–water partition coefficient (Wildman–Crippen LogP) is 3.57. The highest BCUT2D eigenvalue weighted by molar-refractivity contribution is 5.94. The van der Waals surface area contributed by atoms with E-state index in [1.54, 1.807) is 0 Å². The van der Waals surface area contributed by atoms with Gasteiger partial charge in [0.1, 0.15) is 0 Å². The molecule has 3 heterocycles. The van der Waals surface area contributed by atoms with E-state index in [9.17, 15) is 4.79 Å². The lowest BCUT2D eigenvalue weighted by molar-refractivity contribution is 0.0947. The van der Waals surface area contributed by atoms with E-state index >= 15 is 0 Å². The van der Waals surface area contributed by atoms with E-state index in [4.69, 9.17) is 4.52 Å². The Morgan fingerprint density at radius 2 is 1.93 bits per heavy atom. The highest BCUT2D eigenvalue weighted by Crippen LogP contribution is 2.19. The van der Waals surface area contributed by atoms with Crippen LogP contribution in [0.2, 0.25) is 0 Å². The van der Waals surface area contributed by atoms with Gasteiger partial charge in [-0.1, -0.05) is 23.4 Å². The molecule has 0 aliphatic carbocycles. The van der Waals surface area contributed by atoms with Crippen LogP contribution in [-0.2, 0) is 13.1 Å². The SMILES string of the molecule is Cc1cc(CNC(=O)c2ccc(-c3ccc(CN4CCCC4)cn3)cc2)on1. The van der Waals surface area contributed by atoms with Crippen LogP contribution < -0.4 is 5.32 Å². The number of nitrogens with one attached hydrogen (secondary N) is 1. The minimum absolute atomic E-state index is 0.144. The third-order valence-electron chi connectivity index (χ3n) is 4.97. The number of hydrogen-bond donors (Lipinski definition) is 1. The maximum atomic E-state index is 12.3. The third-order valence-corrected chi connectivity index (χ3v) is 4.97. The van der Waals surface area contributed by atoms with Crippen molar-refractivity contribution >= 4 is 5.91 Å². The van der Waals surface area contributed by atoms with Crippen molar-refractivity contribution < 1.29 is 9.32 Å². The van der Waals surface area contributed by atoms with Crippen LogP contribution in [0.15, 0.2) is 53.2 Å². The zero-order valence-electron chi connectivity index (χ0n) is 16.0. The molecular formula is C22H24N4O2. The van der Waals surface area contributed by atoms with Gasteiger partial charge in [0, 0.05) is 29.9 Å². The van der Waals surface area contributed by atoms with Gasteiger partial charge in [-0.05, 0) is 56.6 Å². The summed E-state index contributed by atoms with van der Waals surface area (Å²) in [5.74, 6) is 0.496. The van der Waals surface area contributed by atoms with E-state index in [-0.39, 0.29) is 5.91 Å². The monoisotopic (exact) mass is 376 g/mol. The fraction of sp³-hybridized carbons (Fsp3) is 0.318. The second-order valence-corrected chi connectivity index (χ2v) is 7.23. The van der Waals surface area contributed by atoms with Crippen molar-refractivity contribution in [3.05, 3.63) is 71.2 Å². The minimum atomic E-state index is -0.144. The average molecular weight is 376 g/mol. The fourth-order valence-electron chi connectivity index (χ4n) is 3.45. The van der Waals surface area contributed by atoms with Gasteiger partial charge in [0.05, 0.1) is 17.9 Å². The Labute approximate surface area is 164 Å². The lowest BCUT2D eigenvalue weighted by Gasteiger charge is -2.14. The van der Waals surface area contributed by atoms with Gasteiger partial charge >= 0.3 is 0 Å². The highest BCUT2D eigenvalue weighted by Gasteiger charge is 2.12. The van der Waals surface area contributed by atoms with Crippen molar-refractivity contribution in [2.75, 3.05) is 13.1 Å². The maximum absolute atomic E-state index is 12.3. The second-order valence-electron chi connectivity index (χ2n) is 7.23. The quantitative estimate of drug-likeness (QED) is 0.712. The molecule has 1 N–H and O–H groups in total. The number of carbonyl (C=O) groups is 1. The Hall–Kier alpha value is -2.99. The summed E-state index contributed by atoms with van der Waals surface area (Å²) < 4.78 is 5.10. The Balaban J connectivity index is 1.36. The van der Waals surface area contributed by atoms with Gasteiger partial charge in [0.2, 0.25) is 0 Å². The molecule has 6 heteroatoms. The van der Waals surface area contributed by atoms with Gasteiger partial charge in [-0.15, -0.1) is 0 Å². The second kappa shape index (κ2) is 8.35. The molecule has 28 heavy (non-hydrogen) atoms. The number of carbonyl (C=O) groups excluding carboxylic acids is 1. The van der Waals surface area contributed by atoms with Gasteiger partial charge in [-0.25, -0.2) is 0 Å². The normalized spacial score (nSPS) is 14.3. The molecule has 0 atom stereocenters. The summed E-state index contributed by atoms with van der Waals surface area (Å²) in [6.45, 7) is 5.50. The Morgan fingerprint density at radius 3 is 2.57 bits per heavy atom. The summed E-state index contributed by atoms with van der Waals surface area (Å²) in [7, 11) is 0. The van der Waals surface area contributed by atoms with Gasteiger partial charge in [0.25, 0.3) is 5.91 Å². The first kappa shape index (κ1) is 18.4. The molecule has 144 valence electrons. The first-order valence-electron chi connectivity index (χ1n) is 9.65. The molecule has 0 bridgehead atoms. The molecule has 1 saturated heterocycles. The first-order chi connectivity index (χ1) is 13.7. The van der Waals surface area contributed by atoms with Crippen molar-refractivity contribution in [3.8, 4) is 11.3 Å². The lowest BCUT2D eigenvalue weighted by atomic mass is 10.1. The number of pyridine rings is 1. The average Bonchev–Trinajstić information content (AvgIpc) is 3.38. The molecule has 0 saturated carbocycles. The number of rotatable bonds is 6. The zero-order valence-corrected chi connectivity index (χ0v) is 16.0. The summed E-state index contributed by atoms with van der Waals surface area (Å²) in [6.07, 6.45) is 4.54. The number of amides is 1. The van der Waals surface area contributed by atoms with Crippen LogP contribution in [0.5, 0.6) is 0 Å². The molecule has 1 aliphatic heterocycles. The smallest absolute Gasteiger partial charge is 0.251 e. The largest absolute Gasteiger partial charge is 0.359 e. The summed E-state index contributed by atoms with van der Waals surface area (Å²) in [6, 6.07) is 13.5. The Kier molecular flexibility index (Phi) is 5.48. The molecular weight excluding hydrogens is 352 g/mol. The molecule has 0 spiro atoms. The van der Waals surface area contributed by atoms with Crippen LogP contribution in [0.3, 0.4) is 0 Å². The molecule has 1 aromatic carbocycles. The van der Waals surface area contributed by atoms with Crippen LogP contribution in [-0.4, -0.2) is 34.0 Å². The van der Waals surface area contributed by atoms with Crippen LogP contribution in [0.4, 0.5) is 0 Å². The number of hydrogen-bond acceptors (Lipinski definition) is 5. The van der Waals surface area contributed by atoms with Gasteiger partial charge in [0.15, 0.2) is 5.76 Å². The van der Waals surface area contributed by atoms with E-state index in [0.29, 0.717) is 17.9 Å². The molecule has 1 fully saturated rings. The third kappa shape index (κ3) is 4.46. The van der Waals surface area contributed by atoms with E-state index in [1.807, 2.05) is 49.5 Å².